The fourth-order valence-corrected chi connectivity index (χ4v) is 3.67. The average molecular weight is 450 g/mol. The van der Waals surface area contributed by atoms with Gasteiger partial charge in [0.15, 0.2) is 0 Å². The Labute approximate surface area is 184 Å². The molecule has 2 aromatic carbocycles. The van der Waals surface area contributed by atoms with Crippen molar-refractivity contribution in [3.8, 4) is 0 Å². The highest BCUT2D eigenvalue weighted by molar-refractivity contribution is 5.75. The number of piperazine rings is 1. The van der Waals surface area contributed by atoms with Crippen LogP contribution in [0, 0.1) is 10.1 Å². The minimum absolute atomic E-state index is 0.0308. The van der Waals surface area contributed by atoms with E-state index in [1.54, 1.807) is 9.80 Å². The minimum atomic E-state index is -4.66. The van der Waals surface area contributed by atoms with Crippen molar-refractivity contribution in [1.82, 2.24) is 10.2 Å². The van der Waals surface area contributed by atoms with Gasteiger partial charge in [0.25, 0.3) is 5.69 Å². The zero-order valence-electron chi connectivity index (χ0n) is 17.6. The van der Waals surface area contributed by atoms with Crippen molar-refractivity contribution in [2.24, 2.45) is 0 Å². The number of alkyl halides is 3. The maximum atomic E-state index is 12.9. The average Bonchev–Trinajstić information content (AvgIpc) is 2.77. The molecule has 1 aliphatic rings. The van der Waals surface area contributed by atoms with Gasteiger partial charge in [0, 0.05) is 38.3 Å². The van der Waals surface area contributed by atoms with Crippen molar-refractivity contribution in [3.63, 3.8) is 0 Å². The summed E-state index contributed by atoms with van der Waals surface area (Å²) in [5.74, 6) is 0. The third-order valence-electron chi connectivity index (χ3n) is 5.49. The lowest BCUT2D eigenvalue weighted by Gasteiger charge is -2.36. The van der Waals surface area contributed by atoms with Gasteiger partial charge in [-0.05, 0) is 37.5 Å². The molecule has 0 aliphatic carbocycles. The lowest BCUT2D eigenvalue weighted by Crippen LogP contribution is -2.53. The van der Waals surface area contributed by atoms with Crippen LogP contribution in [-0.4, -0.2) is 48.1 Å². The number of hydrogen-bond acceptors (Lipinski definition) is 4. The van der Waals surface area contributed by atoms with E-state index < -0.39 is 22.4 Å². The molecule has 10 heteroatoms. The molecule has 0 radical (unpaired) electrons. The predicted molar refractivity (Wildman–Crippen MR) is 115 cm³/mol. The normalized spacial score (nSPS) is 15.4. The second kappa shape index (κ2) is 9.88. The van der Waals surface area contributed by atoms with E-state index in [0.29, 0.717) is 19.2 Å². The highest BCUT2D eigenvalue weighted by Crippen LogP contribution is 2.36. The second-order valence-corrected chi connectivity index (χ2v) is 7.81. The summed E-state index contributed by atoms with van der Waals surface area (Å²) in [7, 11) is 0. The summed E-state index contributed by atoms with van der Waals surface area (Å²) in [4.78, 5) is 26.3. The first-order chi connectivity index (χ1) is 15.1. The summed E-state index contributed by atoms with van der Waals surface area (Å²) in [5.41, 5.74) is -0.331. The van der Waals surface area contributed by atoms with Crippen molar-refractivity contribution in [1.29, 1.82) is 0 Å². The van der Waals surface area contributed by atoms with Gasteiger partial charge < -0.3 is 15.1 Å². The van der Waals surface area contributed by atoms with E-state index in [4.69, 9.17) is 0 Å². The molecule has 7 nitrogen and oxygen atoms in total. The zero-order chi connectivity index (χ0) is 23.3. The summed E-state index contributed by atoms with van der Waals surface area (Å²) < 4.78 is 38.7. The second-order valence-electron chi connectivity index (χ2n) is 7.81. The zero-order valence-corrected chi connectivity index (χ0v) is 17.6. The number of carbonyl (C=O) groups excluding carboxylic acids is 1. The van der Waals surface area contributed by atoms with Crippen LogP contribution in [0.25, 0.3) is 0 Å². The molecule has 1 fully saturated rings. The Morgan fingerprint density at radius 3 is 2.38 bits per heavy atom. The number of rotatable bonds is 6. The molecule has 0 bridgehead atoms. The van der Waals surface area contributed by atoms with Gasteiger partial charge in [-0.3, -0.25) is 10.1 Å². The predicted octanol–water partition coefficient (Wildman–Crippen LogP) is 4.47. The lowest BCUT2D eigenvalue weighted by molar-refractivity contribution is -0.384. The van der Waals surface area contributed by atoms with Gasteiger partial charge >= 0.3 is 12.2 Å². The van der Waals surface area contributed by atoms with Crippen LogP contribution in [0.3, 0.4) is 0 Å². The van der Waals surface area contributed by atoms with Crippen molar-refractivity contribution < 1.29 is 22.9 Å². The molecule has 3 rings (SSSR count). The maximum Gasteiger partial charge on any atom is 0.416 e. The highest BCUT2D eigenvalue weighted by atomic mass is 19.4. The summed E-state index contributed by atoms with van der Waals surface area (Å²) in [5, 5.41) is 14.3. The molecule has 0 aromatic heterocycles. The van der Waals surface area contributed by atoms with Gasteiger partial charge in [0.05, 0.1) is 10.5 Å². The Morgan fingerprint density at radius 2 is 1.78 bits per heavy atom. The number of benzene rings is 2. The highest BCUT2D eigenvalue weighted by Gasteiger charge is 2.34. The Kier molecular flexibility index (Phi) is 7.22. The van der Waals surface area contributed by atoms with Crippen LogP contribution in [0.4, 0.5) is 29.3 Å². The summed E-state index contributed by atoms with van der Waals surface area (Å²) in [6, 6.07) is 12.2. The monoisotopic (exact) mass is 450 g/mol. The molecule has 0 saturated carbocycles. The number of nitrogens with one attached hydrogen (secondary N) is 1. The Balaban J connectivity index is 1.55. The largest absolute Gasteiger partial charge is 0.416 e. The molecule has 32 heavy (non-hydrogen) atoms. The standard InChI is InChI=1S/C22H25F3N4O3/c1-16(7-8-17-5-3-2-4-6-17)26-21(30)28-13-11-27(12-14-28)19-10-9-18(22(23,24)25)15-20(19)29(31)32/h2-6,9-10,15-16H,7-8,11-14H2,1H3,(H,26,30). The summed E-state index contributed by atoms with van der Waals surface area (Å²) in [6.07, 6.45) is -3.03. The van der Waals surface area contributed by atoms with E-state index in [2.05, 4.69) is 5.32 Å². The van der Waals surface area contributed by atoms with Gasteiger partial charge in [-0.2, -0.15) is 13.2 Å². The van der Waals surface area contributed by atoms with Crippen molar-refractivity contribution in [3.05, 3.63) is 69.8 Å². The van der Waals surface area contributed by atoms with Crippen LogP contribution in [0.2, 0.25) is 0 Å². The number of nitro groups is 1. The molecule has 172 valence electrons. The fraction of sp³-hybridized carbons (Fsp3) is 0.409. The van der Waals surface area contributed by atoms with E-state index in [1.807, 2.05) is 37.3 Å². The molecule has 2 aromatic rings. The lowest BCUT2D eigenvalue weighted by atomic mass is 10.1. The van der Waals surface area contributed by atoms with Gasteiger partial charge in [0.1, 0.15) is 5.69 Å². The van der Waals surface area contributed by atoms with Crippen LogP contribution in [-0.2, 0) is 12.6 Å². The van der Waals surface area contributed by atoms with Crippen molar-refractivity contribution in [2.75, 3.05) is 31.1 Å². The number of carbonyl (C=O) groups is 1. The van der Waals surface area contributed by atoms with Gasteiger partial charge in [-0.15, -0.1) is 0 Å². The maximum absolute atomic E-state index is 12.9. The number of amides is 2. The molecule has 2 amide bonds. The molecule has 1 unspecified atom stereocenters. The molecular weight excluding hydrogens is 425 g/mol. The topological polar surface area (TPSA) is 78.7 Å². The Morgan fingerprint density at radius 1 is 1.12 bits per heavy atom. The van der Waals surface area contributed by atoms with Crippen LogP contribution in [0.1, 0.15) is 24.5 Å². The quantitative estimate of drug-likeness (QED) is 0.520. The molecule has 1 saturated heterocycles. The molecule has 1 atom stereocenters. The smallest absolute Gasteiger partial charge is 0.362 e. The SMILES string of the molecule is CC(CCc1ccccc1)NC(=O)N1CCN(c2ccc(C(F)(F)F)cc2[N+](=O)[O-])CC1. The van der Waals surface area contributed by atoms with Crippen LogP contribution >= 0.6 is 0 Å². The van der Waals surface area contributed by atoms with Crippen LogP contribution in [0.15, 0.2) is 48.5 Å². The number of halogens is 3. The van der Waals surface area contributed by atoms with E-state index in [-0.39, 0.29) is 30.8 Å². The number of hydrogen-bond donors (Lipinski definition) is 1. The Hall–Kier alpha value is -3.30. The number of aryl methyl sites for hydroxylation is 1. The molecule has 1 heterocycles. The number of urea groups is 1. The third-order valence-corrected chi connectivity index (χ3v) is 5.49. The van der Waals surface area contributed by atoms with Crippen molar-refractivity contribution >= 4 is 17.4 Å². The first-order valence-electron chi connectivity index (χ1n) is 10.3. The molecule has 0 spiro atoms. The molecular formula is C22H25F3N4O3. The van der Waals surface area contributed by atoms with Crippen LogP contribution in [0.5, 0.6) is 0 Å². The number of nitro benzene ring substituents is 1. The van der Waals surface area contributed by atoms with E-state index >= 15 is 0 Å². The minimum Gasteiger partial charge on any atom is -0.362 e. The summed E-state index contributed by atoms with van der Waals surface area (Å²) >= 11 is 0. The van der Waals surface area contributed by atoms with Crippen LogP contribution < -0.4 is 10.2 Å². The van der Waals surface area contributed by atoms with E-state index in [1.165, 1.54) is 5.56 Å². The van der Waals surface area contributed by atoms with Gasteiger partial charge in [-0.1, -0.05) is 30.3 Å². The third kappa shape index (κ3) is 5.89. The van der Waals surface area contributed by atoms with Crippen molar-refractivity contribution in [2.45, 2.75) is 32.0 Å². The molecule has 1 aliphatic heterocycles. The summed E-state index contributed by atoms with van der Waals surface area (Å²) in [6.45, 7) is 3.14. The van der Waals surface area contributed by atoms with Gasteiger partial charge in [-0.25, -0.2) is 4.79 Å². The molecule has 1 N–H and O–H groups in total. The van der Waals surface area contributed by atoms with E-state index in [0.717, 1.165) is 25.0 Å². The van der Waals surface area contributed by atoms with Gasteiger partial charge in [0.2, 0.25) is 0 Å². The fourth-order valence-electron chi connectivity index (χ4n) is 3.67. The van der Waals surface area contributed by atoms with E-state index in [9.17, 15) is 28.1 Å². The number of nitrogens with zero attached hydrogens (tertiary/aromatic N) is 3. The Bertz CT molecular complexity index is 945. The first kappa shape index (κ1) is 23.4. The number of anilines is 1. The first-order valence-corrected chi connectivity index (χ1v) is 10.3.